The van der Waals surface area contributed by atoms with E-state index in [0.29, 0.717) is 0 Å². The third kappa shape index (κ3) is 14.0. The van der Waals surface area contributed by atoms with Crippen LogP contribution < -0.4 is 0 Å². The lowest BCUT2D eigenvalue weighted by Gasteiger charge is -2.42. The minimum absolute atomic E-state index is 0.00650. The molecule has 2 atom stereocenters. The van der Waals surface area contributed by atoms with Gasteiger partial charge in [-0.15, -0.1) is 0 Å². The predicted molar refractivity (Wildman–Crippen MR) is 183 cm³/mol. The van der Waals surface area contributed by atoms with Crippen molar-refractivity contribution in [3.63, 3.8) is 0 Å². The van der Waals surface area contributed by atoms with Gasteiger partial charge >= 0.3 is 103 Å². The fraction of sp³-hybridized carbons (Fsp3) is 0.882. The van der Waals surface area contributed by atoms with Gasteiger partial charge in [-0.05, 0) is 37.8 Å². The van der Waals surface area contributed by atoms with Gasteiger partial charge in [0.2, 0.25) is 0 Å². The molecule has 0 fully saturated rings. The summed E-state index contributed by atoms with van der Waals surface area (Å²) in [5.41, 5.74) is 0. The predicted octanol–water partition coefficient (Wildman–Crippen LogP) is 13.9. The zero-order valence-electron chi connectivity index (χ0n) is 37.2. The second-order valence-corrected chi connectivity index (χ2v) is 17.9. The molecule has 0 spiro atoms. The summed E-state index contributed by atoms with van der Waals surface area (Å²) in [6.45, 7) is -4.77. The van der Waals surface area contributed by atoms with Gasteiger partial charge in [0.15, 0.2) is 0 Å². The Labute approximate surface area is 402 Å². The molecule has 0 aliphatic rings. The average Bonchev–Trinajstić information content (AvgIpc) is 3.20. The fourth-order valence-corrected chi connectivity index (χ4v) is 5.52. The van der Waals surface area contributed by atoms with Crippen LogP contribution in [-0.2, 0) is 23.1 Å². The maximum atomic E-state index is 14.2. The van der Waals surface area contributed by atoms with E-state index < -0.39 is 186 Å². The summed E-state index contributed by atoms with van der Waals surface area (Å²) >= 11 is 0. The highest BCUT2D eigenvalue weighted by atomic mass is 31.2. The molecule has 0 heterocycles. The standard InChI is InChI=1S/C34H34F34NO6P/c1-69(2,3)12-15-74-76(70,71)75-17-18(73-14-9-5-7-11-20(37,38)22(41,42)24(45,46)26(49,50)28(53,54)30(57,58)32(61,62)34(66,67)68)16-72-13-8-4-6-10-19(35,36)21(39,40)23(43,44)25(47,48)27(51,52)29(55,56)31(59,60)33(63,64)65/h6-7,10-11,18H,4-5,8-9,12-17H2,1-3H3/p+1/b10-6+,11-7+/t18-/m1/s1. The molecule has 0 aliphatic carbocycles. The van der Waals surface area contributed by atoms with E-state index in [1.807, 2.05) is 0 Å². The molecule has 0 aromatic heterocycles. The molecule has 7 nitrogen and oxygen atoms in total. The first kappa shape index (κ1) is 73.1. The third-order valence-corrected chi connectivity index (χ3v) is 10.4. The van der Waals surface area contributed by atoms with Crippen LogP contribution in [0.5, 0.6) is 0 Å². The molecule has 0 amide bonds. The topological polar surface area (TPSA) is 74.2 Å². The first-order chi connectivity index (χ1) is 33.0. The van der Waals surface area contributed by atoms with Crippen molar-refractivity contribution in [2.75, 3.05) is 60.7 Å². The maximum Gasteiger partial charge on any atom is 0.472 e. The Hall–Kier alpha value is -2.91. The first-order valence-electron chi connectivity index (χ1n) is 19.4. The van der Waals surface area contributed by atoms with E-state index in [9.17, 15) is 159 Å². The number of rotatable bonds is 32. The number of alkyl halides is 34. The Kier molecular flexibility index (Phi) is 22.0. The molecule has 0 aromatic carbocycles. The number of nitrogens with zero attached hydrogens (tertiary/aromatic N) is 1. The molecule has 0 saturated heterocycles. The van der Waals surface area contributed by atoms with Gasteiger partial charge in [-0.1, -0.05) is 12.2 Å². The highest BCUT2D eigenvalue weighted by molar-refractivity contribution is 7.47. The van der Waals surface area contributed by atoms with Crippen molar-refractivity contribution in [3.8, 4) is 0 Å². The van der Waals surface area contributed by atoms with Crippen molar-refractivity contribution in [3.05, 3.63) is 24.3 Å². The van der Waals surface area contributed by atoms with Crippen LogP contribution in [0.4, 0.5) is 149 Å². The van der Waals surface area contributed by atoms with Gasteiger partial charge in [-0.2, -0.15) is 149 Å². The smallest absolute Gasteiger partial charge is 0.379 e. The van der Waals surface area contributed by atoms with Gasteiger partial charge < -0.3 is 18.9 Å². The lowest BCUT2D eigenvalue weighted by atomic mass is 9.89. The summed E-state index contributed by atoms with van der Waals surface area (Å²) in [7, 11) is -0.489. The van der Waals surface area contributed by atoms with Crippen LogP contribution in [0, 0.1) is 0 Å². The highest BCUT2D eigenvalue weighted by Gasteiger charge is 2.96. The quantitative estimate of drug-likeness (QED) is 0.0238. The number of allylic oxidation sites excluding steroid dienone is 4. The third-order valence-electron chi connectivity index (χ3n) is 9.42. The molecule has 454 valence electrons. The molecule has 0 saturated carbocycles. The van der Waals surface area contributed by atoms with Crippen molar-refractivity contribution in [1.29, 1.82) is 0 Å². The Morgan fingerprint density at radius 1 is 0.408 bits per heavy atom. The lowest BCUT2D eigenvalue weighted by molar-refractivity contribution is -0.870. The summed E-state index contributed by atoms with van der Waals surface area (Å²) in [4.78, 5) is 9.88. The number of hydrogen-bond donors (Lipinski definition) is 1. The molecule has 0 rings (SSSR count). The first-order valence-corrected chi connectivity index (χ1v) is 20.9. The van der Waals surface area contributed by atoms with E-state index >= 15 is 0 Å². The number of ether oxygens (including phenoxy) is 2. The Balaban J connectivity index is 6.19. The maximum absolute atomic E-state index is 14.2. The molecule has 76 heavy (non-hydrogen) atoms. The molecule has 1 N–H and O–H groups in total. The summed E-state index contributed by atoms with van der Waals surface area (Å²) in [5.74, 6) is -117. The second kappa shape index (κ2) is 22.9. The van der Waals surface area contributed by atoms with Crippen LogP contribution in [0.1, 0.15) is 25.7 Å². The van der Waals surface area contributed by atoms with Crippen LogP contribution in [0.2, 0.25) is 0 Å². The van der Waals surface area contributed by atoms with Gasteiger partial charge in [-0.25, -0.2) is 4.57 Å². The van der Waals surface area contributed by atoms with Gasteiger partial charge in [-0.3, -0.25) is 9.05 Å². The number of hydrogen-bond acceptors (Lipinski definition) is 5. The monoisotopic (exact) mass is 1230 g/mol. The van der Waals surface area contributed by atoms with E-state index in [-0.39, 0.29) is 17.1 Å². The molecule has 0 bridgehead atoms. The summed E-state index contributed by atoms with van der Waals surface area (Å²) in [6.07, 6.45) is -25.7. The van der Waals surface area contributed by atoms with Crippen molar-refractivity contribution in [2.24, 2.45) is 0 Å². The number of phosphoric ester groups is 1. The van der Waals surface area contributed by atoms with Crippen LogP contribution >= 0.6 is 7.82 Å². The molecule has 0 aliphatic heterocycles. The molecular formula is C34H35F34NO6P+. The van der Waals surface area contributed by atoms with E-state index in [1.165, 1.54) is 0 Å². The van der Waals surface area contributed by atoms with E-state index in [4.69, 9.17) is 9.47 Å². The lowest BCUT2D eigenvalue weighted by Crippen LogP contribution is -2.74. The second-order valence-electron chi connectivity index (χ2n) is 16.4. The Bertz CT molecular complexity index is 1990. The zero-order valence-corrected chi connectivity index (χ0v) is 38.1. The minimum Gasteiger partial charge on any atom is -0.379 e. The van der Waals surface area contributed by atoms with E-state index in [1.54, 1.807) is 21.1 Å². The van der Waals surface area contributed by atoms with Gasteiger partial charge in [0.1, 0.15) is 19.3 Å². The minimum atomic E-state index is -8.88. The highest BCUT2D eigenvalue weighted by Crippen LogP contribution is 2.66. The number of likely N-dealkylation sites (N-methyl/N-ethyl adjacent to an activating group) is 1. The summed E-state index contributed by atoms with van der Waals surface area (Å²) in [5, 5.41) is 0. The molecule has 0 aromatic rings. The molecule has 42 heteroatoms. The van der Waals surface area contributed by atoms with Crippen molar-refractivity contribution < 1.29 is 182 Å². The Morgan fingerprint density at radius 2 is 0.697 bits per heavy atom. The van der Waals surface area contributed by atoms with E-state index in [2.05, 4.69) is 9.05 Å². The van der Waals surface area contributed by atoms with Gasteiger partial charge in [0, 0.05) is 13.2 Å². The number of halogens is 34. The number of quaternary nitrogens is 1. The van der Waals surface area contributed by atoms with E-state index in [0.717, 1.165) is 0 Å². The molecule has 1 unspecified atom stereocenters. The fourth-order valence-electron chi connectivity index (χ4n) is 4.78. The number of unbranched alkanes of at least 4 members (excludes halogenated alkanes) is 2. The normalized spacial score (nSPS) is 17.3. The average molecular weight is 1230 g/mol. The Morgan fingerprint density at radius 3 is 1.00 bits per heavy atom. The van der Waals surface area contributed by atoms with Crippen LogP contribution in [-0.4, -0.2) is 171 Å². The largest absolute Gasteiger partial charge is 0.472 e. The number of phosphoric acid groups is 1. The SMILES string of the molecule is C[N+](C)(C)CCOP(=O)(O)OC[C@@H](COCCC/C=C/C(F)(F)C(F)(F)C(F)(F)C(F)(F)C(F)(F)C(F)(F)C(F)(F)C(F)(F)F)OCCC/C=C/C(F)(F)C(F)(F)C(F)(F)C(F)(F)C(F)(F)C(F)(F)C(F)(F)C(F)(F)F. The summed E-state index contributed by atoms with van der Waals surface area (Å²) in [6, 6.07) is 0. The van der Waals surface area contributed by atoms with Crippen molar-refractivity contribution in [1.82, 2.24) is 0 Å². The molecular weight excluding hydrogens is 1200 g/mol. The van der Waals surface area contributed by atoms with Gasteiger partial charge in [0.25, 0.3) is 0 Å². The van der Waals surface area contributed by atoms with Crippen LogP contribution in [0.3, 0.4) is 0 Å². The zero-order chi connectivity index (χ0) is 61.3. The molecule has 0 radical (unpaired) electrons. The summed E-state index contributed by atoms with van der Waals surface area (Å²) < 4.78 is 490. The van der Waals surface area contributed by atoms with Crippen LogP contribution in [0.25, 0.3) is 0 Å². The van der Waals surface area contributed by atoms with Crippen LogP contribution in [0.15, 0.2) is 24.3 Å². The van der Waals surface area contributed by atoms with Gasteiger partial charge in [0.05, 0.1) is 34.4 Å². The van der Waals surface area contributed by atoms with Crippen molar-refractivity contribution in [2.45, 2.75) is 127 Å². The van der Waals surface area contributed by atoms with Crippen molar-refractivity contribution >= 4 is 7.82 Å².